The molecule has 1 fully saturated rings. The van der Waals surface area contributed by atoms with Crippen LogP contribution in [0.15, 0.2) is 17.8 Å². The number of fused-ring (bicyclic) bond motifs is 1. The van der Waals surface area contributed by atoms with E-state index in [1.54, 1.807) is 6.33 Å². The zero-order valence-electron chi connectivity index (χ0n) is 14.9. The van der Waals surface area contributed by atoms with Crippen molar-refractivity contribution in [1.29, 1.82) is 0 Å². The van der Waals surface area contributed by atoms with Crippen molar-refractivity contribution in [2.75, 3.05) is 24.5 Å². The Labute approximate surface area is 152 Å². The number of nitrogens with zero attached hydrogens (tertiary/aromatic N) is 4. The van der Waals surface area contributed by atoms with Crippen molar-refractivity contribution in [3.05, 3.63) is 39.5 Å². The van der Waals surface area contributed by atoms with Crippen molar-refractivity contribution in [2.45, 2.75) is 39.7 Å². The number of aryl methyl sites for hydroxylation is 1. The van der Waals surface area contributed by atoms with Crippen LogP contribution in [0.5, 0.6) is 0 Å². The van der Waals surface area contributed by atoms with Gasteiger partial charge in [-0.3, -0.25) is 4.79 Å². The topological polar surface area (TPSA) is 49.3 Å². The molecule has 6 heteroatoms. The molecule has 1 amide bonds. The van der Waals surface area contributed by atoms with Gasteiger partial charge in [-0.15, -0.1) is 11.3 Å². The normalized spacial score (nSPS) is 20.5. The molecular weight excluding hydrogens is 332 g/mol. The number of aromatic nitrogens is 2. The zero-order valence-corrected chi connectivity index (χ0v) is 15.7. The monoisotopic (exact) mass is 356 g/mol. The summed E-state index contributed by atoms with van der Waals surface area (Å²) in [5.74, 6) is 1.37. The summed E-state index contributed by atoms with van der Waals surface area (Å²) in [5.41, 5.74) is 3.47. The molecule has 1 saturated heterocycles. The van der Waals surface area contributed by atoms with E-state index in [-0.39, 0.29) is 5.92 Å². The van der Waals surface area contributed by atoms with Crippen molar-refractivity contribution < 1.29 is 4.79 Å². The average molecular weight is 356 g/mol. The first-order chi connectivity index (χ1) is 12.1. The highest BCUT2D eigenvalue weighted by atomic mass is 32.1. The number of hydrogen-bond donors (Lipinski definition) is 0. The van der Waals surface area contributed by atoms with E-state index in [4.69, 9.17) is 0 Å². The Hall–Kier alpha value is -1.95. The van der Waals surface area contributed by atoms with Gasteiger partial charge in [0.15, 0.2) is 0 Å². The number of piperidine rings is 1. The Balaban J connectivity index is 1.48. The van der Waals surface area contributed by atoms with E-state index >= 15 is 0 Å². The summed E-state index contributed by atoms with van der Waals surface area (Å²) in [6, 6.07) is 2.17. The molecule has 0 saturated carbocycles. The molecule has 25 heavy (non-hydrogen) atoms. The molecule has 0 bridgehead atoms. The summed E-state index contributed by atoms with van der Waals surface area (Å²) >= 11 is 1.81. The molecule has 132 valence electrons. The van der Waals surface area contributed by atoms with E-state index in [9.17, 15) is 4.79 Å². The van der Waals surface area contributed by atoms with Gasteiger partial charge in [0.25, 0.3) is 0 Å². The van der Waals surface area contributed by atoms with Gasteiger partial charge in [-0.25, -0.2) is 9.97 Å². The maximum Gasteiger partial charge on any atom is 0.227 e. The number of amides is 1. The van der Waals surface area contributed by atoms with Crippen LogP contribution in [0.25, 0.3) is 0 Å². The summed E-state index contributed by atoms with van der Waals surface area (Å²) in [4.78, 5) is 27.6. The van der Waals surface area contributed by atoms with E-state index in [1.165, 1.54) is 10.4 Å². The lowest BCUT2D eigenvalue weighted by Gasteiger charge is -2.37. The number of rotatable bonds is 2. The Morgan fingerprint density at radius 3 is 3.04 bits per heavy atom. The van der Waals surface area contributed by atoms with Crippen molar-refractivity contribution >= 4 is 23.1 Å². The molecule has 1 unspecified atom stereocenters. The standard InChI is InChI=1S/C19H24N4OS/c1-13-14(2)20-12-21-18(13)22-7-3-4-16(11-22)19(24)23-8-5-17-15(10-23)6-9-25-17/h6,9,12,16H,3-5,7-8,10-11H2,1-2H3. The van der Waals surface area contributed by atoms with Crippen LogP contribution in [0.4, 0.5) is 5.82 Å². The van der Waals surface area contributed by atoms with E-state index in [0.717, 1.165) is 62.5 Å². The molecule has 2 aliphatic rings. The highest BCUT2D eigenvalue weighted by Gasteiger charge is 2.32. The number of thiophene rings is 1. The molecule has 0 N–H and O–H groups in total. The van der Waals surface area contributed by atoms with Gasteiger partial charge >= 0.3 is 0 Å². The lowest BCUT2D eigenvalue weighted by atomic mass is 9.95. The van der Waals surface area contributed by atoms with Crippen LogP contribution in [0, 0.1) is 19.8 Å². The summed E-state index contributed by atoms with van der Waals surface area (Å²) in [7, 11) is 0. The quantitative estimate of drug-likeness (QED) is 0.830. The summed E-state index contributed by atoms with van der Waals surface area (Å²) < 4.78 is 0. The average Bonchev–Trinajstić information content (AvgIpc) is 3.11. The first-order valence-electron chi connectivity index (χ1n) is 9.00. The highest BCUT2D eigenvalue weighted by molar-refractivity contribution is 7.10. The Morgan fingerprint density at radius 1 is 1.28 bits per heavy atom. The number of hydrogen-bond acceptors (Lipinski definition) is 5. The predicted molar refractivity (Wildman–Crippen MR) is 99.9 cm³/mol. The second-order valence-electron chi connectivity index (χ2n) is 7.07. The van der Waals surface area contributed by atoms with Crippen LogP contribution in [-0.4, -0.2) is 40.4 Å². The molecule has 0 aliphatic carbocycles. The van der Waals surface area contributed by atoms with Gasteiger partial charge in [-0.05, 0) is 50.1 Å². The first-order valence-corrected chi connectivity index (χ1v) is 9.88. The van der Waals surface area contributed by atoms with Crippen LogP contribution >= 0.6 is 11.3 Å². The minimum Gasteiger partial charge on any atom is -0.355 e. The van der Waals surface area contributed by atoms with Crippen molar-refractivity contribution in [3.8, 4) is 0 Å². The maximum atomic E-state index is 13.1. The lowest BCUT2D eigenvalue weighted by molar-refractivity contribution is -0.136. The molecule has 2 aromatic heterocycles. The van der Waals surface area contributed by atoms with Crippen LogP contribution in [-0.2, 0) is 17.8 Å². The van der Waals surface area contributed by atoms with Crippen LogP contribution in [0.2, 0.25) is 0 Å². The van der Waals surface area contributed by atoms with Gasteiger partial charge < -0.3 is 9.80 Å². The fourth-order valence-electron chi connectivity index (χ4n) is 3.91. The molecule has 0 spiro atoms. The van der Waals surface area contributed by atoms with E-state index in [2.05, 4.69) is 38.1 Å². The molecule has 2 aromatic rings. The SMILES string of the molecule is Cc1ncnc(N2CCCC(C(=O)N3CCc4sccc4C3)C2)c1C. The van der Waals surface area contributed by atoms with Gasteiger partial charge in [0.2, 0.25) is 5.91 Å². The third-order valence-electron chi connectivity index (χ3n) is 5.50. The minimum atomic E-state index is 0.0728. The van der Waals surface area contributed by atoms with Gasteiger partial charge in [-0.2, -0.15) is 0 Å². The third-order valence-corrected chi connectivity index (χ3v) is 6.52. The molecule has 1 atom stereocenters. The second kappa shape index (κ2) is 6.75. The second-order valence-corrected chi connectivity index (χ2v) is 8.07. The van der Waals surface area contributed by atoms with Gasteiger partial charge in [0.1, 0.15) is 12.1 Å². The Kier molecular flexibility index (Phi) is 4.46. The van der Waals surface area contributed by atoms with E-state index in [0.29, 0.717) is 5.91 Å². The van der Waals surface area contributed by atoms with Crippen molar-refractivity contribution in [1.82, 2.24) is 14.9 Å². The van der Waals surface area contributed by atoms with Crippen molar-refractivity contribution in [2.24, 2.45) is 5.92 Å². The van der Waals surface area contributed by atoms with Crippen molar-refractivity contribution in [3.63, 3.8) is 0 Å². The predicted octanol–water partition coefficient (Wildman–Crippen LogP) is 2.96. The maximum absolute atomic E-state index is 13.1. The fourth-order valence-corrected chi connectivity index (χ4v) is 4.80. The third kappa shape index (κ3) is 3.15. The molecule has 4 rings (SSSR count). The summed E-state index contributed by atoms with van der Waals surface area (Å²) in [6.07, 6.45) is 4.65. The van der Waals surface area contributed by atoms with Crippen LogP contribution < -0.4 is 4.90 Å². The van der Waals surface area contributed by atoms with Gasteiger partial charge in [0, 0.05) is 42.3 Å². The molecule has 4 heterocycles. The number of carbonyl (C=O) groups is 1. The molecule has 0 radical (unpaired) electrons. The molecule has 5 nitrogen and oxygen atoms in total. The van der Waals surface area contributed by atoms with E-state index in [1.807, 2.05) is 18.3 Å². The summed E-state index contributed by atoms with van der Waals surface area (Å²) in [6.45, 7) is 7.45. The molecule has 0 aromatic carbocycles. The minimum absolute atomic E-state index is 0.0728. The van der Waals surface area contributed by atoms with Crippen LogP contribution in [0.3, 0.4) is 0 Å². The fraction of sp³-hybridized carbons (Fsp3) is 0.526. The van der Waals surface area contributed by atoms with E-state index < -0.39 is 0 Å². The summed E-state index contributed by atoms with van der Waals surface area (Å²) in [5, 5.41) is 2.14. The van der Waals surface area contributed by atoms with Crippen LogP contribution in [0.1, 0.15) is 34.5 Å². The smallest absolute Gasteiger partial charge is 0.227 e. The van der Waals surface area contributed by atoms with Gasteiger partial charge in [-0.1, -0.05) is 0 Å². The Bertz CT molecular complexity index is 787. The number of anilines is 1. The lowest BCUT2D eigenvalue weighted by Crippen LogP contribution is -2.46. The highest BCUT2D eigenvalue weighted by Crippen LogP contribution is 2.29. The largest absolute Gasteiger partial charge is 0.355 e. The zero-order chi connectivity index (χ0) is 17.4. The Morgan fingerprint density at radius 2 is 2.16 bits per heavy atom. The van der Waals surface area contributed by atoms with Gasteiger partial charge in [0.05, 0.1) is 5.92 Å². The molecule has 2 aliphatic heterocycles. The number of carbonyl (C=O) groups excluding carboxylic acids is 1. The first kappa shape index (κ1) is 16.5. The molecular formula is C19H24N4OS.